The van der Waals surface area contributed by atoms with Crippen LogP contribution in [0.1, 0.15) is 0 Å². The Morgan fingerprint density at radius 1 is 2.00 bits per heavy atom. The molecule has 1 N–H and O–H groups in total. The number of hydrogen-bond acceptors (Lipinski definition) is 2. The topological polar surface area (TPSA) is 45.7 Å². The number of rotatable bonds is 0. The van der Waals surface area contributed by atoms with Gasteiger partial charge in [0.15, 0.2) is 0 Å². The van der Waals surface area contributed by atoms with Crippen LogP contribution in [0.15, 0.2) is 0 Å². The van der Waals surface area contributed by atoms with Crippen molar-refractivity contribution in [2.24, 2.45) is 0 Å². The van der Waals surface area contributed by atoms with Gasteiger partial charge in [0.05, 0.1) is 6.07 Å². The van der Waals surface area contributed by atoms with Gasteiger partial charge in [0.2, 0.25) is 0 Å². The summed E-state index contributed by atoms with van der Waals surface area (Å²) in [5.74, 6) is 0. The molecule has 1 aliphatic heterocycles. The molecule has 0 aromatic carbocycles. The van der Waals surface area contributed by atoms with Crippen LogP contribution < -0.4 is 5.32 Å². The van der Waals surface area contributed by atoms with Crippen LogP contribution in [0.3, 0.4) is 0 Å². The van der Waals surface area contributed by atoms with Crippen molar-refractivity contribution in [3.05, 3.63) is 0 Å². The third kappa shape index (κ3) is 0.366. The molecule has 0 bridgehead atoms. The molecular weight excluding hydrogens is 64.0 g/mol. The zero-order valence-electron chi connectivity index (χ0n) is 2.73. The first kappa shape index (κ1) is 2.67. The van der Waals surface area contributed by atoms with Crippen LogP contribution in [0.4, 0.5) is 0 Å². The Bertz CT molecular complexity index is 67.5. The third-order valence-corrected chi connectivity index (χ3v) is 0.564. The fourth-order valence-corrected chi connectivity index (χ4v) is 0.150. The van der Waals surface area contributed by atoms with Crippen LogP contribution >= 0.6 is 0 Å². The lowest BCUT2D eigenvalue weighted by molar-refractivity contribution is 1.21. The molecule has 0 spiro atoms. The molecule has 1 heterocycles. The van der Waals surface area contributed by atoms with Gasteiger partial charge >= 0.3 is 0 Å². The molecule has 2 nitrogen and oxygen atoms in total. The van der Waals surface area contributed by atoms with E-state index in [1.807, 2.05) is 6.07 Å². The smallest absolute Gasteiger partial charge is 0.108 e. The summed E-state index contributed by atoms with van der Waals surface area (Å²) >= 11 is 0. The fourth-order valence-electron chi connectivity index (χ4n) is 0.150. The summed E-state index contributed by atoms with van der Waals surface area (Å²) in [4.78, 5) is 0. The summed E-state index contributed by atoms with van der Waals surface area (Å²) in [5, 5.41) is 10.7. The highest BCUT2D eigenvalue weighted by Gasteiger charge is 2.17. The van der Waals surface area contributed by atoms with E-state index in [2.05, 4.69) is 5.32 Å². The molecule has 0 radical (unpaired) electrons. The standard InChI is InChI=1S/C3H4N2/c4-1-3-2-5-3/h3,5H,2H2/t3-/m1/s1. The number of hydrogen-bond donors (Lipinski definition) is 1. The predicted octanol–water partition coefficient (Wildman–Crippen LogP) is -0.518. The van der Waals surface area contributed by atoms with Gasteiger partial charge in [-0.15, -0.1) is 0 Å². The Morgan fingerprint density at radius 2 is 2.60 bits per heavy atom. The maximum Gasteiger partial charge on any atom is 0.108 e. The lowest BCUT2D eigenvalue weighted by Crippen LogP contribution is -1.78. The van der Waals surface area contributed by atoms with Crippen LogP contribution in [0.25, 0.3) is 0 Å². The summed E-state index contributed by atoms with van der Waals surface area (Å²) < 4.78 is 0. The molecule has 0 saturated carbocycles. The molecule has 1 saturated heterocycles. The third-order valence-electron chi connectivity index (χ3n) is 0.564. The van der Waals surface area contributed by atoms with Gasteiger partial charge in [-0.2, -0.15) is 5.26 Å². The summed E-state index contributed by atoms with van der Waals surface area (Å²) in [6.07, 6.45) is 0. The molecule has 5 heavy (non-hydrogen) atoms. The van der Waals surface area contributed by atoms with E-state index in [1.165, 1.54) is 0 Å². The van der Waals surface area contributed by atoms with Crippen LogP contribution in [-0.2, 0) is 0 Å². The summed E-state index contributed by atoms with van der Waals surface area (Å²) in [5.41, 5.74) is 0. The SMILES string of the molecule is N#C[C@@H]1CN1. The molecule has 0 aromatic heterocycles. The van der Waals surface area contributed by atoms with E-state index < -0.39 is 0 Å². The van der Waals surface area contributed by atoms with Crippen molar-refractivity contribution in [3.8, 4) is 6.07 Å². The summed E-state index contributed by atoms with van der Waals surface area (Å²) in [7, 11) is 0. The zero-order chi connectivity index (χ0) is 3.70. The lowest BCUT2D eigenvalue weighted by atomic mass is 10.6. The van der Waals surface area contributed by atoms with E-state index in [0.29, 0.717) is 0 Å². The normalized spacial score (nSPS) is 32.2. The van der Waals surface area contributed by atoms with Crippen LogP contribution in [0.2, 0.25) is 0 Å². The minimum absolute atomic E-state index is 0.190. The van der Waals surface area contributed by atoms with Crippen LogP contribution in [0, 0.1) is 11.3 Å². The Morgan fingerprint density at radius 3 is 2.60 bits per heavy atom. The van der Waals surface area contributed by atoms with E-state index in [-0.39, 0.29) is 6.04 Å². The Hall–Kier alpha value is -0.550. The van der Waals surface area contributed by atoms with Crippen LogP contribution in [0.5, 0.6) is 0 Å². The van der Waals surface area contributed by atoms with Gasteiger partial charge in [-0.05, 0) is 0 Å². The summed E-state index contributed by atoms with van der Waals surface area (Å²) in [6.45, 7) is 0.899. The fraction of sp³-hybridized carbons (Fsp3) is 0.667. The highest BCUT2D eigenvalue weighted by Crippen LogP contribution is 1.89. The molecule has 1 atom stereocenters. The molecular formula is C3H4N2. The second-order valence-electron chi connectivity index (χ2n) is 1.09. The Labute approximate surface area is 30.4 Å². The second kappa shape index (κ2) is 0.697. The van der Waals surface area contributed by atoms with E-state index in [4.69, 9.17) is 5.26 Å². The molecule has 26 valence electrons. The molecule has 0 aliphatic carbocycles. The quantitative estimate of drug-likeness (QED) is 0.388. The van der Waals surface area contributed by atoms with Gasteiger partial charge < -0.3 is 0 Å². The van der Waals surface area contributed by atoms with E-state index in [9.17, 15) is 0 Å². The minimum Gasteiger partial charge on any atom is -0.298 e. The molecule has 1 rings (SSSR count). The molecule has 2 heteroatoms. The predicted molar refractivity (Wildman–Crippen MR) is 17.4 cm³/mol. The lowest BCUT2D eigenvalue weighted by Gasteiger charge is -1.51. The first-order valence-electron chi connectivity index (χ1n) is 1.56. The van der Waals surface area contributed by atoms with Crippen LogP contribution in [-0.4, -0.2) is 12.6 Å². The van der Waals surface area contributed by atoms with Gasteiger partial charge in [0.1, 0.15) is 6.04 Å². The van der Waals surface area contributed by atoms with Crippen molar-refractivity contribution in [2.75, 3.05) is 6.54 Å². The minimum atomic E-state index is 0.190. The largest absolute Gasteiger partial charge is 0.298 e. The van der Waals surface area contributed by atoms with E-state index >= 15 is 0 Å². The van der Waals surface area contributed by atoms with Gasteiger partial charge in [0.25, 0.3) is 0 Å². The first-order chi connectivity index (χ1) is 2.43. The maximum atomic E-state index is 7.89. The van der Waals surface area contributed by atoms with Crippen molar-refractivity contribution in [1.29, 1.82) is 5.26 Å². The molecule has 0 amide bonds. The maximum absolute atomic E-state index is 7.89. The number of nitrogens with zero attached hydrogens (tertiary/aromatic N) is 1. The zero-order valence-corrected chi connectivity index (χ0v) is 2.73. The van der Waals surface area contributed by atoms with E-state index in [0.717, 1.165) is 6.54 Å². The summed E-state index contributed by atoms with van der Waals surface area (Å²) in [6, 6.07) is 2.22. The van der Waals surface area contributed by atoms with Gasteiger partial charge in [0, 0.05) is 6.54 Å². The monoisotopic (exact) mass is 68.0 g/mol. The van der Waals surface area contributed by atoms with Crippen molar-refractivity contribution >= 4 is 0 Å². The number of nitriles is 1. The molecule has 0 aromatic rings. The first-order valence-corrected chi connectivity index (χ1v) is 1.56. The average Bonchev–Trinajstić information content (AvgIpc) is 2.12. The van der Waals surface area contributed by atoms with Crippen molar-refractivity contribution in [2.45, 2.75) is 6.04 Å². The highest BCUT2D eigenvalue weighted by atomic mass is 15.1. The Kier molecular flexibility index (Phi) is 0.373. The van der Waals surface area contributed by atoms with Crippen molar-refractivity contribution < 1.29 is 0 Å². The highest BCUT2D eigenvalue weighted by molar-refractivity contribution is 5.02. The molecule has 0 unspecified atom stereocenters. The van der Waals surface area contributed by atoms with Crippen molar-refractivity contribution in [3.63, 3.8) is 0 Å². The average molecular weight is 68.1 g/mol. The van der Waals surface area contributed by atoms with E-state index in [1.54, 1.807) is 0 Å². The van der Waals surface area contributed by atoms with Gasteiger partial charge in [-0.1, -0.05) is 0 Å². The van der Waals surface area contributed by atoms with Crippen molar-refractivity contribution in [1.82, 2.24) is 5.32 Å². The molecule has 1 fully saturated rings. The van der Waals surface area contributed by atoms with Gasteiger partial charge in [-0.25, -0.2) is 0 Å². The second-order valence-corrected chi connectivity index (χ2v) is 1.09. The Balaban J connectivity index is 2.30. The molecule has 1 aliphatic rings. The van der Waals surface area contributed by atoms with Gasteiger partial charge in [-0.3, -0.25) is 5.32 Å². The number of nitrogens with one attached hydrogen (secondary N) is 1.